The van der Waals surface area contributed by atoms with Crippen molar-refractivity contribution in [3.05, 3.63) is 42.6 Å². The molecule has 0 unspecified atom stereocenters. The van der Waals surface area contributed by atoms with Crippen molar-refractivity contribution in [3.8, 4) is 11.3 Å². The minimum absolute atomic E-state index is 0.219. The number of aromatic nitrogens is 4. The van der Waals surface area contributed by atoms with Gasteiger partial charge in [0.05, 0.1) is 24.9 Å². The summed E-state index contributed by atoms with van der Waals surface area (Å²) in [5.41, 5.74) is 2.66. The molecule has 1 saturated heterocycles. The van der Waals surface area contributed by atoms with Crippen LogP contribution in [0.2, 0.25) is 0 Å². The topological polar surface area (TPSA) is 67.2 Å². The standard InChI is InChI=1S/C22H28N6O/c1-16(2)28-6-4-27(5-7-28)15-21(29)10-20-8-17-9-22(19-13-25-26(3)14-19)24-12-18(17)11-23-20/h8-9,11-14,16H,4-7,10,15H2,1-3H3. The van der Waals surface area contributed by atoms with Crippen LogP contribution in [-0.2, 0) is 18.3 Å². The Bertz CT molecular complexity index is 1000. The number of aryl methyl sites for hydroxylation is 1. The van der Waals surface area contributed by atoms with Crippen LogP contribution in [0, 0.1) is 0 Å². The summed E-state index contributed by atoms with van der Waals surface area (Å²) >= 11 is 0. The molecule has 4 heterocycles. The lowest BCUT2D eigenvalue weighted by atomic mass is 10.1. The monoisotopic (exact) mass is 392 g/mol. The van der Waals surface area contributed by atoms with Crippen molar-refractivity contribution in [1.82, 2.24) is 29.5 Å². The van der Waals surface area contributed by atoms with E-state index in [9.17, 15) is 4.79 Å². The molecule has 4 rings (SSSR count). The molecule has 152 valence electrons. The van der Waals surface area contributed by atoms with Crippen LogP contribution < -0.4 is 0 Å². The number of ketones is 1. The number of rotatable bonds is 6. The van der Waals surface area contributed by atoms with Crippen molar-refractivity contribution < 1.29 is 4.79 Å². The Morgan fingerprint density at radius 2 is 1.79 bits per heavy atom. The zero-order chi connectivity index (χ0) is 20.4. The van der Waals surface area contributed by atoms with Crippen LogP contribution in [0.25, 0.3) is 22.0 Å². The van der Waals surface area contributed by atoms with Gasteiger partial charge in [-0.05, 0) is 31.4 Å². The third kappa shape index (κ3) is 4.68. The number of hydrogen-bond acceptors (Lipinski definition) is 6. The number of carbonyl (C=O) groups excluding carboxylic acids is 1. The Kier molecular flexibility index (Phi) is 5.69. The summed E-state index contributed by atoms with van der Waals surface area (Å²) in [5.74, 6) is 0.219. The summed E-state index contributed by atoms with van der Waals surface area (Å²) in [5, 5.41) is 6.23. The van der Waals surface area contributed by atoms with Gasteiger partial charge in [-0.3, -0.25) is 29.2 Å². The minimum Gasteiger partial charge on any atom is -0.298 e. The van der Waals surface area contributed by atoms with Crippen LogP contribution in [0.5, 0.6) is 0 Å². The lowest BCUT2D eigenvalue weighted by Crippen LogP contribution is -2.50. The number of hydrogen-bond donors (Lipinski definition) is 0. The molecule has 1 aliphatic rings. The van der Waals surface area contributed by atoms with E-state index >= 15 is 0 Å². The molecule has 29 heavy (non-hydrogen) atoms. The summed E-state index contributed by atoms with van der Waals surface area (Å²) < 4.78 is 1.76. The number of fused-ring (bicyclic) bond motifs is 1. The molecule has 1 aliphatic heterocycles. The molecule has 0 saturated carbocycles. The molecule has 3 aromatic heterocycles. The Morgan fingerprint density at radius 1 is 1.03 bits per heavy atom. The molecule has 0 amide bonds. The SMILES string of the molecule is CC(C)N1CCN(CC(=O)Cc2cc3cc(-c4cnn(C)c4)ncc3cn2)CC1. The van der Waals surface area contributed by atoms with Gasteiger partial charge in [0, 0.05) is 74.5 Å². The van der Waals surface area contributed by atoms with Gasteiger partial charge >= 0.3 is 0 Å². The fourth-order valence-electron chi connectivity index (χ4n) is 3.84. The Hall–Kier alpha value is -2.64. The van der Waals surface area contributed by atoms with Crippen LogP contribution in [0.1, 0.15) is 19.5 Å². The number of carbonyl (C=O) groups is 1. The maximum Gasteiger partial charge on any atom is 0.152 e. The summed E-state index contributed by atoms with van der Waals surface area (Å²) in [6.07, 6.45) is 7.74. The molecule has 1 fully saturated rings. The van der Waals surface area contributed by atoms with Gasteiger partial charge in [-0.15, -0.1) is 0 Å². The van der Waals surface area contributed by atoms with Crippen molar-refractivity contribution in [2.45, 2.75) is 26.3 Å². The minimum atomic E-state index is 0.219. The molecule has 0 N–H and O–H groups in total. The van der Waals surface area contributed by atoms with E-state index in [1.165, 1.54) is 0 Å². The first kappa shape index (κ1) is 19.7. The van der Waals surface area contributed by atoms with Gasteiger partial charge in [0.1, 0.15) is 0 Å². The number of nitrogens with zero attached hydrogens (tertiary/aromatic N) is 6. The average Bonchev–Trinajstić information content (AvgIpc) is 3.14. The molecule has 0 atom stereocenters. The maximum absolute atomic E-state index is 12.6. The van der Waals surface area contributed by atoms with Crippen molar-refractivity contribution in [2.75, 3.05) is 32.7 Å². The molecule has 3 aromatic rings. The number of pyridine rings is 2. The number of piperazine rings is 1. The second-order valence-corrected chi connectivity index (χ2v) is 8.12. The average molecular weight is 393 g/mol. The first-order chi connectivity index (χ1) is 14.0. The third-order valence-electron chi connectivity index (χ3n) is 5.58. The molecule has 0 aliphatic carbocycles. The van der Waals surface area contributed by atoms with Crippen LogP contribution in [0.4, 0.5) is 0 Å². The van der Waals surface area contributed by atoms with Gasteiger partial charge in [-0.25, -0.2) is 0 Å². The maximum atomic E-state index is 12.6. The van der Waals surface area contributed by atoms with Crippen molar-refractivity contribution in [1.29, 1.82) is 0 Å². The number of Topliss-reactive ketones (excluding diaryl/α,β-unsaturated/α-hetero) is 1. The Labute approximate surface area is 171 Å². The highest BCUT2D eigenvalue weighted by molar-refractivity contribution is 5.87. The third-order valence-corrected chi connectivity index (χ3v) is 5.58. The van der Waals surface area contributed by atoms with Gasteiger partial charge in [-0.2, -0.15) is 5.10 Å². The highest BCUT2D eigenvalue weighted by atomic mass is 16.1. The van der Waals surface area contributed by atoms with Crippen molar-refractivity contribution in [2.24, 2.45) is 7.05 Å². The first-order valence-corrected chi connectivity index (χ1v) is 10.2. The molecular weight excluding hydrogens is 364 g/mol. The van der Waals surface area contributed by atoms with E-state index in [0.717, 1.165) is 53.9 Å². The van der Waals surface area contributed by atoms with Crippen LogP contribution in [0.3, 0.4) is 0 Å². The van der Waals surface area contributed by atoms with Crippen LogP contribution >= 0.6 is 0 Å². The van der Waals surface area contributed by atoms with E-state index in [4.69, 9.17) is 0 Å². The van der Waals surface area contributed by atoms with E-state index in [2.05, 4.69) is 38.7 Å². The van der Waals surface area contributed by atoms with Gasteiger partial charge in [0.25, 0.3) is 0 Å². The summed E-state index contributed by atoms with van der Waals surface area (Å²) in [6, 6.07) is 4.61. The summed E-state index contributed by atoms with van der Waals surface area (Å²) in [4.78, 5) is 26.3. The zero-order valence-electron chi connectivity index (χ0n) is 17.4. The van der Waals surface area contributed by atoms with Crippen LogP contribution in [0.15, 0.2) is 36.9 Å². The predicted molar refractivity (Wildman–Crippen MR) is 114 cm³/mol. The fourth-order valence-corrected chi connectivity index (χ4v) is 3.84. The lowest BCUT2D eigenvalue weighted by Gasteiger charge is -2.36. The van der Waals surface area contributed by atoms with Gasteiger partial charge < -0.3 is 0 Å². The normalized spacial score (nSPS) is 16.0. The summed E-state index contributed by atoms with van der Waals surface area (Å²) in [7, 11) is 1.89. The van der Waals surface area contributed by atoms with E-state index in [1.54, 1.807) is 17.1 Å². The summed E-state index contributed by atoms with van der Waals surface area (Å²) in [6.45, 7) is 8.92. The van der Waals surface area contributed by atoms with Gasteiger partial charge in [0.15, 0.2) is 5.78 Å². The van der Waals surface area contributed by atoms with E-state index in [-0.39, 0.29) is 5.78 Å². The van der Waals surface area contributed by atoms with E-state index in [1.807, 2.05) is 31.6 Å². The molecule has 7 nitrogen and oxygen atoms in total. The second-order valence-electron chi connectivity index (χ2n) is 8.12. The smallest absolute Gasteiger partial charge is 0.152 e. The van der Waals surface area contributed by atoms with Gasteiger partial charge in [-0.1, -0.05) is 0 Å². The molecule has 7 heteroatoms. The first-order valence-electron chi connectivity index (χ1n) is 10.2. The van der Waals surface area contributed by atoms with Gasteiger partial charge in [0.2, 0.25) is 0 Å². The molecule has 0 aromatic carbocycles. The fraction of sp³-hybridized carbons (Fsp3) is 0.455. The van der Waals surface area contributed by atoms with Crippen molar-refractivity contribution >= 4 is 16.6 Å². The molecule has 0 spiro atoms. The lowest BCUT2D eigenvalue weighted by molar-refractivity contribution is -0.120. The molecular formula is C22H28N6O. The van der Waals surface area contributed by atoms with Crippen molar-refractivity contribution in [3.63, 3.8) is 0 Å². The quantitative estimate of drug-likeness (QED) is 0.641. The molecule has 0 bridgehead atoms. The largest absolute Gasteiger partial charge is 0.298 e. The van der Waals surface area contributed by atoms with Crippen LogP contribution in [-0.4, -0.2) is 74.1 Å². The zero-order valence-corrected chi connectivity index (χ0v) is 17.4. The predicted octanol–water partition coefficient (Wildman–Crippen LogP) is 2.17. The molecule has 0 radical (unpaired) electrons. The Morgan fingerprint density at radius 3 is 2.48 bits per heavy atom. The second kappa shape index (κ2) is 8.39. The van der Waals surface area contributed by atoms with E-state index < -0.39 is 0 Å². The Balaban J connectivity index is 1.42. The highest BCUT2D eigenvalue weighted by Gasteiger charge is 2.20. The highest BCUT2D eigenvalue weighted by Crippen LogP contribution is 2.21. The van der Waals surface area contributed by atoms with E-state index in [0.29, 0.717) is 19.0 Å².